The molecule has 0 radical (unpaired) electrons. The lowest BCUT2D eigenvalue weighted by Crippen LogP contribution is -2.08. The van der Waals surface area contributed by atoms with Crippen molar-refractivity contribution in [3.8, 4) is 11.1 Å². The van der Waals surface area contributed by atoms with Gasteiger partial charge < -0.3 is 0 Å². The summed E-state index contributed by atoms with van der Waals surface area (Å²) in [6.45, 7) is 1.60. The van der Waals surface area contributed by atoms with Crippen molar-refractivity contribution >= 4 is 22.9 Å². The predicted octanol–water partition coefficient (Wildman–Crippen LogP) is 4.14. The predicted molar refractivity (Wildman–Crippen MR) is 85.4 cm³/mol. The van der Waals surface area contributed by atoms with E-state index in [1.807, 2.05) is 18.2 Å². The fourth-order valence-corrected chi connectivity index (χ4v) is 3.96. The quantitative estimate of drug-likeness (QED) is 0.850. The molecule has 1 aromatic heterocycles. The largest absolute Gasteiger partial charge is 0.300 e. The van der Waals surface area contributed by atoms with Crippen LogP contribution in [0.1, 0.15) is 24.6 Å². The molecular weight excluding hydrogens is 280 g/mol. The number of thiophene rings is 1. The van der Waals surface area contributed by atoms with E-state index in [1.54, 1.807) is 18.3 Å². The van der Waals surface area contributed by atoms with Crippen molar-refractivity contribution in [2.24, 2.45) is 11.8 Å². The summed E-state index contributed by atoms with van der Waals surface area (Å²) < 4.78 is 0. The Hall–Kier alpha value is -1.74. The Kier molecular flexibility index (Phi) is 4.02. The van der Waals surface area contributed by atoms with E-state index >= 15 is 0 Å². The van der Waals surface area contributed by atoms with Crippen molar-refractivity contribution in [3.05, 3.63) is 46.7 Å². The lowest BCUT2D eigenvalue weighted by Gasteiger charge is -2.06. The Balaban J connectivity index is 1.71. The highest BCUT2D eigenvalue weighted by Gasteiger charge is 2.34. The highest BCUT2D eigenvalue weighted by atomic mass is 32.1. The maximum atomic E-state index is 12.0. The van der Waals surface area contributed by atoms with Crippen LogP contribution in [0, 0.1) is 11.8 Å². The summed E-state index contributed by atoms with van der Waals surface area (Å²) in [5.41, 5.74) is 2.42. The van der Waals surface area contributed by atoms with E-state index in [4.69, 9.17) is 0 Å². The maximum absolute atomic E-state index is 12.0. The van der Waals surface area contributed by atoms with Crippen LogP contribution in [0.5, 0.6) is 0 Å². The van der Waals surface area contributed by atoms with Gasteiger partial charge in [0, 0.05) is 23.1 Å². The normalized spacial score (nSPS) is 21.7. The van der Waals surface area contributed by atoms with Crippen LogP contribution in [-0.2, 0) is 16.0 Å². The molecule has 1 heterocycles. The molecule has 0 spiro atoms. The Morgan fingerprint density at radius 3 is 2.67 bits per heavy atom. The van der Waals surface area contributed by atoms with E-state index in [2.05, 4.69) is 23.6 Å². The molecule has 2 atom stereocenters. The molecule has 1 aliphatic carbocycles. The van der Waals surface area contributed by atoms with Crippen LogP contribution in [0.3, 0.4) is 0 Å². The SMILES string of the molecule is CC(=O)[C@@H]1CC(=O)[C@@H](Cc2cc(-c3ccccc3)cs2)C1. The van der Waals surface area contributed by atoms with Crippen LogP contribution in [0.25, 0.3) is 11.1 Å². The van der Waals surface area contributed by atoms with E-state index in [1.165, 1.54) is 16.0 Å². The zero-order valence-corrected chi connectivity index (χ0v) is 12.9. The van der Waals surface area contributed by atoms with E-state index in [0.717, 1.165) is 12.8 Å². The molecule has 21 heavy (non-hydrogen) atoms. The first kappa shape index (κ1) is 14.2. The summed E-state index contributed by atoms with van der Waals surface area (Å²) in [7, 11) is 0. The zero-order valence-electron chi connectivity index (χ0n) is 12.0. The van der Waals surface area contributed by atoms with Crippen LogP contribution in [0.2, 0.25) is 0 Å². The fourth-order valence-electron chi connectivity index (χ4n) is 2.99. The molecule has 0 unspecified atom stereocenters. The average Bonchev–Trinajstić information content (AvgIpc) is 3.08. The monoisotopic (exact) mass is 298 g/mol. The van der Waals surface area contributed by atoms with Crippen molar-refractivity contribution in [1.82, 2.24) is 0 Å². The summed E-state index contributed by atoms with van der Waals surface area (Å²) >= 11 is 1.71. The first-order chi connectivity index (χ1) is 10.1. The van der Waals surface area contributed by atoms with Crippen LogP contribution >= 0.6 is 11.3 Å². The number of hydrogen-bond acceptors (Lipinski definition) is 3. The van der Waals surface area contributed by atoms with Crippen molar-refractivity contribution in [2.45, 2.75) is 26.2 Å². The molecule has 3 heteroatoms. The summed E-state index contributed by atoms with van der Waals surface area (Å²) in [6.07, 6.45) is 1.95. The van der Waals surface area contributed by atoms with Gasteiger partial charge >= 0.3 is 0 Å². The highest BCUT2D eigenvalue weighted by Crippen LogP contribution is 2.34. The van der Waals surface area contributed by atoms with Gasteiger partial charge in [0.05, 0.1) is 0 Å². The van der Waals surface area contributed by atoms with Gasteiger partial charge in [0.2, 0.25) is 0 Å². The lowest BCUT2D eigenvalue weighted by molar-refractivity contribution is -0.124. The third kappa shape index (κ3) is 3.13. The third-order valence-corrected chi connectivity index (χ3v) is 5.21. The number of hydrogen-bond donors (Lipinski definition) is 0. The minimum Gasteiger partial charge on any atom is -0.300 e. The smallest absolute Gasteiger partial charge is 0.137 e. The molecule has 0 saturated heterocycles. The molecule has 0 N–H and O–H groups in total. The molecule has 1 aromatic carbocycles. The van der Waals surface area contributed by atoms with Crippen LogP contribution in [-0.4, -0.2) is 11.6 Å². The highest BCUT2D eigenvalue weighted by molar-refractivity contribution is 7.10. The lowest BCUT2D eigenvalue weighted by atomic mass is 9.98. The van der Waals surface area contributed by atoms with Gasteiger partial charge in [-0.15, -0.1) is 11.3 Å². The van der Waals surface area contributed by atoms with E-state index in [0.29, 0.717) is 6.42 Å². The fraction of sp³-hybridized carbons (Fsp3) is 0.333. The van der Waals surface area contributed by atoms with Gasteiger partial charge in [-0.1, -0.05) is 30.3 Å². The summed E-state index contributed by atoms with van der Waals surface area (Å²) in [5, 5.41) is 2.15. The third-order valence-electron chi connectivity index (χ3n) is 4.26. The number of carbonyl (C=O) groups excluding carboxylic acids is 2. The number of carbonyl (C=O) groups is 2. The second-order valence-electron chi connectivity index (χ2n) is 5.78. The minimum absolute atomic E-state index is 0.0289. The van der Waals surface area contributed by atoms with Gasteiger partial charge in [-0.2, -0.15) is 0 Å². The minimum atomic E-state index is -0.0453. The Morgan fingerprint density at radius 1 is 1.24 bits per heavy atom. The van der Waals surface area contributed by atoms with E-state index in [-0.39, 0.29) is 23.4 Å². The van der Waals surface area contributed by atoms with Crippen LogP contribution in [0.15, 0.2) is 41.8 Å². The molecule has 1 fully saturated rings. The molecule has 0 amide bonds. The number of ketones is 2. The first-order valence-electron chi connectivity index (χ1n) is 7.29. The van der Waals surface area contributed by atoms with Crippen molar-refractivity contribution < 1.29 is 9.59 Å². The van der Waals surface area contributed by atoms with Gasteiger partial charge in [-0.3, -0.25) is 9.59 Å². The molecular formula is C18H18O2S. The van der Waals surface area contributed by atoms with E-state index < -0.39 is 0 Å². The summed E-state index contributed by atoms with van der Waals surface area (Å²) in [4.78, 5) is 24.7. The van der Waals surface area contributed by atoms with Gasteiger partial charge in [0.25, 0.3) is 0 Å². The molecule has 2 nitrogen and oxygen atoms in total. The molecule has 0 bridgehead atoms. The first-order valence-corrected chi connectivity index (χ1v) is 8.17. The molecule has 0 aliphatic heterocycles. The van der Waals surface area contributed by atoms with Gasteiger partial charge in [0.15, 0.2) is 0 Å². The molecule has 3 rings (SSSR count). The number of Topliss-reactive ketones (excluding diaryl/α,β-unsaturated/α-hetero) is 2. The van der Waals surface area contributed by atoms with Crippen molar-refractivity contribution in [2.75, 3.05) is 0 Å². The Bertz CT molecular complexity index is 657. The maximum Gasteiger partial charge on any atom is 0.137 e. The standard InChI is InChI=1S/C18H18O2S/c1-12(19)14-7-15(18(20)10-14)8-17-9-16(11-21-17)13-5-3-2-4-6-13/h2-6,9,11,14-15H,7-8,10H2,1H3/t14-,15+/m0/s1. The number of benzene rings is 1. The molecule has 1 saturated carbocycles. The van der Waals surface area contributed by atoms with Gasteiger partial charge in [-0.05, 0) is 42.3 Å². The van der Waals surface area contributed by atoms with Crippen molar-refractivity contribution in [3.63, 3.8) is 0 Å². The molecule has 2 aromatic rings. The second-order valence-corrected chi connectivity index (χ2v) is 6.78. The Morgan fingerprint density at radius 2 is 2.00 bits per heavy atom. The van der Waals surface area contributed by atoms with E-state index in [9.17, 15) is 9.59 Å². The Labute approximate surface area is 128 Å². The summed E-state index contributed by atoms with van der Waals surface area (Å²) in [6, 6.07) is 12.4. The van der Waals surface area contributed by atoms with Crippen molar-refractivity contribution in [1.29, 1.82) is 0 Å². The van der Waals surface area contributed by atoms with Crippen LogP contribution in [0.4, 0.5) is 0 Å². The molecule has 108 valence electrons. The van der Waals surface area contributed by atoms with Gasteiger partial charge in [-0.25, -0.2) is 0 Å². The topological polar surface area (TPSA) is 34.1 Å². The second kappa shape index (κ2) is 5.94. The molecule has 1 aliphatic rings. The average molecular weight is 298 g/mol. The van der Waals surface area contributed by atoms with Crippen LogP contribution < -0.4 is 0 Å². The summed E-state index contributed by atoms with van der Waals surface area (Å²) in [5.74, 6) is 0.393. The number of rotatable bonds is 4. The zero-order chi connectivity index (χ0) is 14.8. The van der Waals surface area contributed by atoms with Gasteiger partial charge in [0.1, 0.15) is 11.6 Å².